The number of ether oxygens (including phenoxy) is 2. The molecule has 2 aromatic rings. The lowest BCUT2D eigenvalue weighted by molar-refractivity contribution is -0.125. The zero-order chi connectivity index (χ0) is 28.7. The maximum atomic E-state index is 12.9. The van der Waals surface area contributed by atoms with E-state index in [-0.39, 0.29) is 35.5 Å². The van der Waals surface area contributed by atoms with Crippen LogP contribution in [0.25, 0.3) is 0 Å². The van der Waals surface area contributed by atoms with Crippen LogP contribution in [0.15, 0.2) is 48.5 Å². The second-order valence-electron chi connectivity index (χ2n) is 9.89. The molecule has 0 bridgehead atoms. The first kappa shape index (κ1) is 30.8. The van der Waals surface area contributed by atoms with Gasteiger partial charge in [0, 0.05) is 74.9 Å². The van der Waals surface area contributed by atoms with E-state index in [0.29, 0.717) is 74.5 Å². The number of carbonyl (C=O) groups excluding carboxylic acids is 4. The van der Waals surface area contributed by atoms with E-state index in [1.54, 1.807) is 62.8 Å². The number of amides is 4. The van der Waals surface area contributed by atoms with Crippen LogP contribution in [0.4, 0.5) is 11.4 Å². The first-order valence-electron chi connectivity index (χ1n) is 13.8. The van der Waals surface area contributed by atoms with Gasteiger partial charge in [0.25, 0.3) is 11.8 Å². The maximum Gasteiger partial charge on any atom is 0.251 e. The Morgan fingerprint density at radius 1 is 0.675 bits per heavy atom. The summed E-state index contributed by atoms with van der Waals surface area (Å²) in [6.07, 6.45) is 3.80. The van der Waals surface area contributed by atoms with Crippen LogP contribution in [0, 0.1) is 11.8 Å². The number of benzene rings is 2. The van der Waals surface area contributed by atoms with E-state index < -0.39 is 0 Å². The SMILES string of the molecule is COCCCNC(=O)c1cccc(NC(=O)C2CCC(C(=O)Nc3cccc(C(=O)NCCCOC)c3)CC2)c1. The van der Waals surface area contributed by atoms with E-state index in [1.807, 2.05) is 0 Å². The standard InChI is InChI=1S/C30H40N4O6/c1-39-17-5-15-31-27(35)23-7-3-9-25(19-23)33-29(37)21-11-13-22(14-12-21)30(38)34-26-10-4-8-24(20-26)28(36)32-16-6-18-40-2/h3-4,7-10,19-22H,5-6,11-18H2,1-2H3,(H,31,35)(H,32,36)(H,33,37)(H,34,38). The van der Waals surface area contributed by atoms with E-state index in [0.717, 1.165) is 12.8 Å². The Kier molecular flexibility index (Phi) is 12.6. The van der Waals surface area contributed by atoms with Crippen molar-refractivity contribution in [3.05, 3.63) is 59.7 Å². The fraction of sp³-hybridized carbons (Fsp3) is 0.467. The monoisotopic (exact) mass is 552 g/mol. The van der Waals surface area contributed by atoms with Crippen molar-refractivity contribution in [2.24, 2.45) is 11.8 Å². The van der Waals surface area contributed by atoms with Gasteiger partial charge in [-0.1, -0.05) is 12.1 Å². The van der Waals surface area contributed by atoms with Gasteiger partial charge in [-0.05, 0) is 74.9 Å². The van der Waals surface area contributed by atoms with E-state index in [9.17, 15) is 19.2 Å². The summed E-state index contributed by atoms with van der Waals surface area (Å²) >= 11 is 0. The minimum absolute atomic E-state index is 0.110. The summed E-state index contributed by atoms with van der Waals surface area (Å²) in [6.45, 7) is 2.16. The van der Waals surface area contributed by atoms with Crippen molar-refractivity contribution in [1.82, 2.24) is 10.6 Å². The number of carbonyl (C=O) groups is 4. The molecule has 1 aliphatic rings. The highest BCUT2D eigenvalue weighted by atomic mass is 16.5. The third-order valence-corrected chi connectivity index (χ3v) is 6.87. The van der Waals surface area contributed by atoms with Crippen molar-refractivity contribution in [1.29, 1.82) is 0 Å². The number of nitrogens with one attached hydrogen (secondary N) is 4. The summed E-state index contributed by atoms with van der Waals surface area (Å²) in [6, 6.07) is 13.7. The summed E-state index contributed by atoms with van der Waals surface area (Å²) in [4.78, 5) is 50.5. The van der Waals surface area contributed by atoms with Crippen LogP contribution in [0.1, 0.15) is 59.2 Å². The summed E-state index contributed by atoms with van der Waals surface area (Å²) in [7, 11) is 3.23. The molecule has 0 atom stereocenters. The Morgan fingerprint density at radius 3 is 1.45 bits per heavy atom. The van der Waals surface area contributed by atoms with E-state index in [2.05, 4.69) is 21.3 Å². The molecule has 40 heavy (non-hydrogen) atoms. The molecule has 0 spiro atoms. The molecule has 0 radical (unpaired) electrons. The van der Waals surface area contributed by atoms with E-state index in [1.165, 1.54) is 0 Å². The molecule has 0 aromatic heterocycles. The predicted octanol–water partition coefficient (Wildman–Crippen LogP) is 3.60. The average Bonchev–Trinajstić information content (AvgIpc) is 2.97. The molecule has 1 aliphatic carbocycles. The van der Waals surface area contributed by atoms with Crippen LogP contribution < -0.4 is 21.3 Å². The van der Waals surface area contributed by atoms with Crippen molar-refractivity contribution in [2.75, 3.05) is 51.2 Å². The smallest absolute Gasteiger partial charge is 0.251 e. The molecule has 10 heteroatoms. The minimum Gasteiger partial charge on any atom is -0.385 e. The molecule has 3 rings (SSSR count). The maximum absolute atomic E-state index is 12.9. The van der Waals surface area contributed by atoms with Crippen molar-refractivity contribution in [2.45, 2.75) is 38.5 Å². The van der Waals surface area contributed by atoms with Gasteiger partial charge in [0.2, 0.25) is 11.8 Å². The second-order valence-corrected chi connectivity index (χ2v) is 9.89. The number of rotatable bonds is 14. The summed E-state index contributed by atoms with van der Waals surface area (Å²) < 4.78 is 9.97. The molecule has 216 valence electrons. The van der Waals surface area contributed by atoms with Gasteiger partial charge in [-0.2, -0.15) is 0 Å². The van der Waals surface area contributed by atoms with Crippen molar-refractivity contribution < 1.29 is 28.7 Å². The Balaban J connectivity index is 1.45. The lowest BCUT2D eigenvalue weighted by atomic mass is 9.81. The lowest BCUT2D eigenvalue weighted by Gasteiger charge is -2.27. The first-order valence-corrected chi connectivity index (χ1v) is 13.8. The van der Waals surface area contributed by atoms with Crippen LogP contribution in [0.2, 0.25) is 0 Å². The molecule has 1 fully saturated rings. The highest BCUT2D eigenvalue weighted by molar-refractivity contribution is 5.99. The van der Waals surface area contributed by atoms with Gasteiger partial charge < -0.3 is 30.7 Å². The fourth-order valence-corrected chi connectivity index (χ4v) is 4.62. The number of hydrogen-bond acceptors (Lipinski definition) is 6. The Labute approximate surface area is 235 Å². The van der Waals surface area contributed by atoms with Crippen LogP contribution in [0.3, 0.4) is 0 Å². The lowest BCUT2D eigenvalue weighted by Crippen LogP contribution is -2.32. The van der Waals surface area contributed by atoms with Crippen molar-refractivity contribution in [3.8, 4) is 0 Å². The number of hydrogen-bond donors (Lipinski definition) is 4. The largest absolute Gasteiger partial charge is 0.385 e. The van der Waals surface area contributed by atoms with Gasteiger partial charge in [-0.3, -0.25) is 19.2 Å². The topological polar surface area (TPSA) is 135 Å². The zero-order valence-electron chi connectivity index (χ0n) is 23.3. The van der Waals surface area contributed by atoms with Gasteiger partial charge in [-0.15, -0.1) is 0 Å². The van der Waals surface area contributed by atoms with Crippen molar-refractivity contribution >= 4 is 35.0 Å². The van der Waals surface area contributed by atoms with Crippen LogP contribution in [-0.4, -0.2) is 64.2 Å². The fourth-order valence-electron chi connectivity index (χ4n) is 4.62. The Bertz CT molecular complexity index is 1060. The second kappa shape index (κ2) is 16.4. The quantitative estimate of drug-likeness (QED) is 0.265. The highest BCUT2D eigenvalue weighted by Crippen LogP contribution is 2.31. The Morgan fingerprint density at radius 2 is 1.07 bits per heavy atom. The molecule has 0 saturated heterocycles. The predicted molar refractivity (Wildman–Crippen MR) is 153 cm³/mol. The molecule has 10 nitrogen and oxygen atoms in total. The van der Waals surface area contributed by atoms with Gasteiger partial charge >= 0.3 is 0 Å². The third-order valence-electron chi connectivity index (χ3n) is 6.87. The van der Waals surface area contributed by atoms with E-state index >= 15 is 0 Å². The first-order chi connectivity index (χ1) is 19.4. The summed E-state index contributed by atoms with van der Waals surface area (Å²) in [5.41, 5.74) is 2.08. The Hall–Kier alpha value is -3.76. The van der Waals surface area contributed by atoms with Crippen LogP contribution in [-0.2, 0) is 19.1 Å². The molecule has 4 N–H and O–H groups in total. The average molecular weight is 553 g/mol. The van der Waals surface area contributed by atoms with E-state index in [4.69, 9.17) is 9.47 Å². The van der Waals surface area contributed by atoms with Crippen LogP contribution >= 0.6 is 0 Å². The van der Waals surface area contributed by atoms with Crippen molar-refractivity contribution in [3.63, 3.8) is 0 Å². The highest BCUT2D eigenvalue weighted by Gasteiger charge is 2.30. The minimum atomic E-state index is -0.208. The summed E-state index contributed by atoms with van der Waals surface area (Å²) in [5, 5.41) is 11.5. The molecule has 4 amide bonds. The van der Waals surface area contributed by atoms with Crippen LogP contribution in [0.5, 0.6) is 0 Å². The molecule has 2 aromatic carbocycles. The zero-order valence-corrected chi connectivity index (χ0v) is 23.3. The van der Waals surface area contributed by atoms with Gasteiger partial charge in [0.1, 0.15) is 0 Å². The molecule has 1 saturated carbocycles. The molecular formula is C30H40N4O6. The summed E-state index contributed by atoms with van der Waals surface area (Å²) in [5.74, 6) is -1.04. The van der Waals surface area contributed by atoms with Gasteiger partial charge in [0.05, 0.1) is 0 Å². The molecule has 0 unspecified atom stereocenters. The van der Waals surface area contributed by atoms with Gasteiger partial charge in [-0.25, -0.2) is 0 Å². The molecule has 0 aliphatic heterocycles. The molecule has 0 heterocycles. The molecular weight excluding hydrogens is 512 g/mol. The number of anilines is 2. The third kappa shape index (κ3) is 9.77. The van der Waals surface area contributed by atoms with Gasteiger partial charge in [0.15, 0.2) is 0 Å². The number of methoxy groups -OCH3 is 2. The normalized spacial score (nSPS) is 16.6.